The highest BCUT2D eigenvalue weighted by molar-refractivity contribution is 5.94. The van der Waals surface area contributed by atoms with Crippen molar-refractivity contribution >= 4 is 11.8 Å². The van der Waals surface area contributed by atoms with Crippen LogP contribution in [-0.2, 0) is 11.2 Å². The molecular formula is C16H18N4O2. The zero-order valence-electron chi connectivity index (χ0n) is 12.3. The molecule has 0 aliphatic heterocycles. The summed E-state index contributed by atoms with van der Waals surface area (Å²) in [6, 6.07) is 9.89. The lowest BCUT2D eigenvalue weighted by atomic mass is 10.1. The molecule has 0 aliphatic carbocycles. The molecule has 2 aromatic rings. The van der Waals surface area contributed by atoms with Crippen molar-refractivity contribution in [3.05, 3.63) is 60.2 Å². The fraction of sp³-hybridized carbons (Fsp3) is 0.250. The molecule has 2 amide bonds. The maximum Gasteiger partial charge on any atom is 0.271 e. The van der Waals surface area contributed by atoms with Crippen molar-refractivity contribution in [3.63, 3.8) is 0 Å². The monoisotopic (exact) mass is 298 g/mol. The molecule has 1 aromatic carbocycles. The first-order valence-corrected chi connectivity index (χ1v) is 7.02. The predicted octanol–water partition coefficient (Wildman–Crippen LogP) is 0.954. The van der Waals surface area contributed by atoms with Gasteiger partial charge < -0.3 is 10.6 Å². The van der Waals surface area contributed by atoms with Crippen molar-refractivity contribution < 1.29 is 9.59 Å². The zero-order valence-corrected chi connectivity index (χ0v) is 12.3. The first-order valence-electron chi connectivity index (χ1n) is 7.02. The molecule has 6 heteroatoms. The normalized spacial score (nSPS) is 11.5. The van der Waals surface area contributed by atoms with E-state index < -0.39 is 5.91 Å². The van der Waals surface area contributed by atoms with E-state index in [1.165, 1.54) is 18.6 Å². The fourth-order valence-electron chi connectivity index (χ4n) is 2.01. The largest absolute Gasteiger partial charge is 0.352 e. The summed E-state index contributed by atoms with van der Waals surface area (Å²) < 4.78 is 0. The van der Waals surface area contributed by atoms with Crippen molar-refractivity contribution in [2.24, 2.45) is 0 Å². The van der Waals surface area contributed by atoms with E-state index in [2.05, 4.69) is 20.6 Å². The van der Waals surface area contributed by atoms with Crippen LogP contribution in [0, 0.1) is 0 Å². The van der Waals surface area contributed by atoms with E-state index in [9.17, 15) is 9.59 Å². The van der Waals surface area contributed by atoms with Gasteiger partial charge in [0.25, 0.3) is 5.91 Å². The standard InChI is InChI=1S/C16H18N4O2/c1-12(9-13-5-3-2-4-6-13)20-15(21)11-19-16(22)14-10-17-7-8-18-14/h2-8,10,12H,9,11H2,1H3,(H,19,22)(H,20,21). The van der Waals surface area contributed by atoms with Gasteiger partial charge in [0.2, 0.25) is 5.91 Å². The third-order valence-electron chi connectivity index (χ3n) is 3.00. The van der Waals surface area contributed by atoms with Crippen molar-refractivity contribution in [2.45, 2.75) is 19.4 Å². The summed E-state index contributed by atoms with van der Waals surface area (Å²) in [5, 5.41) is 5.36. The van der Waals surface area contributed by atoms with Gasteiger partial charge in [-0.2, -0.15) is 0 Å². The molecule has 0 fully saturated rings. The molecule has 22 heavy (non-hydrogen) atoms. The Balaban J connectivity index is 1.75. The Labute approximate surface area is 129 Å². The maximum absolute atomic E-state index is 11.8. The van der Waals surface area contributed by atoms with Gasteiger partial charge in [0.1, 0.15) is 5.69 Å². The Morgan fingerprint density at radius 2 is 1.95 bits per heavy atom. The number of carbonyl (C=O) groups is 2. The van der Waals surface area contributed by atoms with Crippen LogP contribution in [0.4, 0.5) is 0 Å². The van der Waals surface area contributed by atoms with E-state index in [1.807, 2.05) is 37.3 Å². The molecule has 0 radical (unpaired) electrons. The summed E-state index contributed by atoms with van der Waals surface area (Å²) >= 11 is 0. The van der Waals surface area contributed by atoms with Crippen LogP contribution in [0.25, 0.3) is 0 Å². The van der Waals surface area contributed by atoms with Crippen LogP contribution < -0.4 is 10.6 Å². The minimum atomic E-state index is -0.418. The number of amides is 2. The lowest BCUT2D eigenvalue weighted by molar-refractivity contribution is -0.120. The Kier molecular flexibility index (Phi) is 5.59. The number of carbonyl (C=O) groups excluding carboxylic acids is 2. The molecule has 2 N–H and O–H groups in total. The quantitative estimate of drug-likeness (QED) is 0.832. The van der Waals surface area contributed by atoms with Gasteiger partial charge >= 0.3 is 0 Å². The van der Waals surface area contributed by atoms with E-state index in [0.29, 0.717) is 0 Å². The van der Waals surface area contributed by atoms with Crippen molar-refractivity contribution in [1.82, 2.24) is 20.6 Å². The van der Waals surface area contributed by atoms with Gasteiger partial charge in [-0.05, 0) is 18.9 Å². The molecule has 0 spiro atoms. The molecule has 1 heterocycles. The van der Waals surface area contributed by atoms with Crippen molar-refractivity contribution in [2.75, 3.05) is 6.54 Å². The molecule has 1 aromatic heterocycles. The average Bonchev–Trinajstić information content (AvgIpc) is 2.54. The minimum absolute atomic E-state index is 0.0108. The van der Waals surface area contributed by atoms with E-state index in [1.54, 1.807) is 0 Å². The van der Waals surface area contributed by atoms with Crippen LogP contribution >= 0.6 is 0 Å². The van der Waals surface area contributed by atoms with Crippen LogP contribution in [-0.4, -0.2) is 34.4 Å². The number of nitrogens with zero attached hydrogens (tertiary/aromatic N) is 2. The molecule has 0 saturated carbocycles. The predicted molar refractivity (Wildman–Crippen MR) is 82.1 cm³/mol. The zero-order chi connectivity index (χ0) is 15.8. The van der Waals surface area contributed by atoms with Crippen LogP contribution in [0.2, 0.25) is 0 Å². The summed E-state index contributed by atoms with van der Waals surface area (Å²) in [4.78, 5) is 31.2. The smallest absolute Gasteiger partial charge is 0.271 e. The molecular weight excluding hydrogens is 280 g/mol. The minimum Gasteiger partial charge on any atom is -0.352 e. The van der Waals surface area contributed by atoms with Gasteiger partial charge in [-0.15, -0.1) is 0 Å². The molecule has 2 rings (SSSR count). The Hall–Kier alpha value is -2.76. The maximum atomic E-state index is 11.8. The molecule has 0 saturated heterocycles. The lowest BCUT2D eigenvalue weighted by Gasteiger charge is -2.14. The highest BCUT2D eigenvalue weighted by Gasteiger charge is 2.11. The van der Waals surface area contributed by atoms with Gasteiger partial charge in [0, 0.05) is 18.4 Å². The highest BCUT2D eigenvalue weighted by Crippen LogP contribution is 2.02. The molecule has 1 atom stereocenters. The molecule has 0 bridgehead atoms. The number of nitrogens with one attached hydrogen (secondary N) is 2. The second-order valence-corrected chi connectivity index (χ2v) is 4.93. The summed E-state index contributed by atoms with van der Waals surface area (Å²) in [6.07, 6.45) is 5.00. The van der Waals surface area contributed by atoms with Gasteiger partial charge in [0.05, 0.1) is 12.7 Å². The Morgan fingerprint density at radius 1 is 1.18 bits per heavy atom. The topological polar surface area (TPSA) is 84.0 Å². The van der Waals surface area contributed by atoms with Gasteiger partial charge in [-0.1, -0.05) is 30.3 Å². The number of benzene rings is 1. The van der Waals surface area contributed by atoms with Gasteiger partial charge in [-0.25, -0.2) is 4.98 Å². The van der Waals surface area contributed by atoms with Crippen LogP contribution in [0.1, 0.15) is 23.0 Å². The number of aromatic nitrogens is 2. The van der Waals surface area contributed by atoms with E-state index in [4.69, 9.17) is 0 Å². The van der Waals surface area contributed by atoms with Crippen molar-refractivity contribution in [3.8, 4) is 0 Å². The summed E-state index contributed by atoms with van der Waals surface area (Å²) in [7, 11) is 0. The van der Waals surface area contributed by atoms with Crippen molar-refractivity contribution in [1.29, 1.82) is 0 Å². The lowest BCUT2D eigenvalue weighted by Crippen LogP contribution is -2.41. The van der Waals surface area contributed by atoms with E-state index >= 15 is 0 Å². The number of hydrogen-bond acceptors (Lipinski definition) is 4. The summed E-state index contributed by atoms with van der Waals surface area (Å²) in [5.41, 5.74) is 1.34. The molecule has 6 nitrogen and oxygen atoms in total. The third kappa shape index (κ3) is 4.97. The Bertz CT molecular complexity index is 617. The van der Waals surface area contributed by atoms with E-state index in [0.717, 1.165) is 12.0 Å². The second kappa shape index (κ2) is 7.87. The Morgan fingerprint density at radius 3 is 2.64 bits per heavy atom. The number of hydrogen-bond donors (Lipinski definition) is 2. The van der Waals surface area contributed by atoms with E-state index in [-0.39, 0.29) is 24.2 Å². The first kappa shape index (κ1) is 15.6. The van der Waals surface area contributed by atoms with Crippen LogP contribution in [0.15, 0.2) is 48.9 Å². The van der Waals surface area contributed by atoms with Crippen LogP contribution in [0.5, 0.6) is 0 Å². The third-order valence-corrected chi connectivity index (χ3v) is 3.00. The summed E-state index contributed by atoms with van der Waals surface area (Å²) in [5.74, 6) is -0.653. The fourth-order valence-corrected chi connectivity index (χ4v) is 2.01. The number of rotatable bonds is 6. The molecule has 0 aliphatic rings. The first-order chi connectivity index (χ1) is 10.6. The summed E-state index contributed by atoms with van der Waals surface area (Å²) in [6.45, 7) is 1.84. The van der Waals surface area contributed by atoms with Crippen LogP contribution in [0.3, 0.4) is 0 Å². The second-order valence-electron chi connectivity index (χ2n) is 4.93. The average molecular weight is 298 g/mol. The van der Waals surface area contributed by atoms with Gasteiger partial charge in [-0.3, -0.25) is 14.6 Å². The molecule has 1 unspecified atom stereocenters. The van der Waals surface area contributed by atoms with Gasteiger partial charge in [0.15, 0.2) is 0 Å². The molecule has 114 valence electrons. The SMILES string of the molecule is CC(Cc1ccccc1)NC(=O)CNC(=O)c1cnccn1. The highest BCUT2D eigenvalue weighted by atomic mass is 16.2.